The maximum atomic E-state index is 13.1. The molecule has 0 N–H and O–H groups in total. The van der Waals surface area contributed by atoms with Crippen LogP contribution in [0.15, 0.2) is 31.3 Å². The van der Waals surface area contributed by atoms with Crippen molar-refractivity contribution in [1.29, 1.82) is 0 Å². The van der Waals surface area contributed by atoms with Crippen LogP contribution >= 0.6 is 23.6 Å². The first-order valence-corrected chi connectivity index (χ1v) is 11.9. The summed E-state index contributed by atoms with van der Waals surface area (Å²) in [5.41, 5.74) is 0.388. The smallest absolute Gasteiger partial charge is 0.288 e. The van der Waals surface area contributed by atoms with Crippen molar-refractivity contribution in [2.24, 2.45) is 0 Å². The van der Waals surface area contributed by atoms with Crippen molar-refractivity contribution in [2.45, 2.75) is 31.8 Å². The van der Waals surface area contributed by atoms with Gasteiger partial charge in [-0.1, -0.05) is 11.2 Å². The van der Waals surface area contributed by atoms with Gasteiger partial charge in [0.25, 0.3) is 10.7 Å². The molecule has 1 aliphatic heterocycles. The third-order valence-corrected chi connectivity index (χ3v) is 8.08. The Morgan fingerprint density at radius 3 is 2.76 bits per heavy atom. The van der Waals surface area contributed by atoms with Gasteiger partial charge in [-0.25, -0.2) is 13.1 Å². The maximum Gasteiger partial charge on any atom is 0.288 e. The normalized spacial score (nSPS) is 16.9. The van der Waals surface area contributed by atoms with E-state index in [0.29, 0.717) is 54.9 Å². The first kappa shape index (κ1) is 20.4. The number of thiophene rings is 1. The van der Waals surface area contributed by atoms with Crippen LogP contribution in [0.3, 0.4) is 0 Å². The minimum Gasteiger partial charge on any atom is -0.408 e. The Kier molecular flexibility index (Phi) is 5.71. The third-order valence-electron chi connectivity index (χ3n) is 4.79. The zero-order valence-corrected chi connectivity index (χ0v) is 18.5. The lowest BCUT2D eigenvalue weighted by Crippen LogP contribution is -2.36. The lowest BCUT2D eigenvalue weighted by atomic mass is 10.4. The standard InChI is InChI=1S/C17H21N5O4S3/c1-12-15(13(2)26-19-12)29(23,24)21-7-4-6-20(8-9-21)11-22-17(27)25-16(18-22)14-5-3-10-28-14/h3,5,10H,4,6-9,11H2,1-2H3. The highest BCUT2D eigenvalue weighted by atomic mass is 32.2. The van der Waals surface area contributed by atoms with Gasteiger partial charge < -0.3 is 8.94 Å². The molecule has 0 saturated carbocycles. The third kappa shape index (κ3) is 4.08. The summed E-state index contributed by atoms with van der Waals surface area (Å²) in [6.45, 7) is 5.82. The van der Waals surface area contributed by atoms with Crippen LogP contribution < -0.4 is 0 Å². The number of hydrogen-bond acceptors (Lipinski definition) is 9. The van der Waals surface area contributed by atoms with Crippen LogP contribution in [-0.2, 0) is 16.7 Å². The van der Waals surface area contributed by atoms with Gasteiger partial charge in [0.1, 0.15) is 10.6 Å². The molecule has 1 aliphatic rings. The topological polar surface area (TPSA) is 97.6 Å². The number of sulfonamides is 1. The number of hydrogen-bond donors (Lipinski definition) is 0. The van der Waals surface area contributed by atoms with E-state index in [1.54, 1.807) is 18.5 Å². The lowest BCUT2D eigenvalue weighted by Gasteiger charge is -2.21. The van der Waals surface area contributed by atoms with Crippen LogP contribution in [0.1, 0.15) is 17.9 Å². The van der Waals surface area contributed by atoms with E-state index in [2.05, 4.69) is 15.2 Å². The van der Waals surface area contributed by atoms with E-state index in [4.69, 9.17) is 21.2 Å². The predicted molar refractivity (Wildman–Crippen MR) is 110 cm³/mol. The second kappa shape index (κ2) is 8.11. The minimum atomic E-state index is -3.64. The van der Waals surface area contributed by atoms with Crippen LogP contribution in [0.2, 0.25) is 0 Å². The first-order valence-electron chi connectivity index (χ1n) is 9.13. The van der Waals surface area contributed by atoms with Gasteiger partial charge in [-0.05, 0) is 43.9 Å². The molecule has 0 atom stereocenters. The van der Waals surface area contributed by atoms with E-state index >= 15 is 0 Å². The molecular weight excluding hydrogens is 434 g/mol. The molecule has 156 valence electrons. The summed E-state index contributed by atoms with van der Waals surface area (Å²) in [6, 6.07) is 3.86. The first-order chi connectivity index (χ1) is 13.9. The summed E-state index contributed by atoms with van der Waals surface area (Å²) < 4.78 is 39.9. The van der Waals surface area contributed by atoms with Crippen molar-refractivity contribution >= 4 is 33.6 Å². The van der Waals surface area contributed by atoms with E-state index in [9.17, 15) is 8.42 Å². The van der Waals surface area contributed by atoms with Gasteiger partial charge in [0.15, 0.2) is 5.76 Å². The van der Waals surface area contributed by atoms with Crippen molar-refractivity contribution in [3.05, 3.63) is 33.8 Å². The predicted octanol–water partition coefficient (Wildman–Crippen LogP) is 2.89. The fourth-order valence-corrected chi connectivity index (χ4v) is 5.97. The van der Waals surface area contributed by atoms with E-state index in [1.807, 2.05) is 17.5 Å². The van der Waals surface area contributed by atoms with E-state index in [-0.39, 0.29) is 4.90 Å². The van der Waals surface area contributed by atoms with Gasteiger partial charge in [-0.15, -0.1) is 16.4 Å². The van der Waals surface area contributed by atoms with Crippen LogP contribution in [0, 0.1) is 18.7 Å². The molecule has 0 aliphatic carbocycles. The second-order valence-corrected chi connectivity index (χ2v) is 9.99. The lowest BCUT2D eigenvalue weighted by molar-refractivity contribution is 0.213. The molecular formula is C17H21N5O4S3. The molecule has 0 amide bonds. The minimum absolute atomic E-state index is 0.172. The Morgan fingerprint density at radius 2 is 2.07 bits per heavy atom. The molecule has 0 bridgehead atoms. The van der Waals surface area contributed by atoms with Crippen molar-refractivity contribution in [1.82, 2.24) is 24.1 Å². The zero-order chi connectivity index (χ0) is 20.6. The highest BCUT2D eigenvalue weighted by Crippen LogP contribution is 2.25. The van der Waals surface area contributed by atoms with Crippen LogP contribution in [0.5, 0.6) is 0 Å². The van der Waals surface area contributed by atoms with Crippen molar-refractivity contribution in [2.75, 3.05) is 26.2 Å². The summed E-state index contributed by atoms with van der Waals surface area (Å²) >= 11 is 6.84. The molecule has 9 nitrogen and oxygen atoms in total. The van der Waals surface area contributed by atoms with Crippen LogP contribution in [0.25, 0.3) is 10.8 Å². The molecule has 1 saturated heterocycles. The molecule has 4 rings (SSSR count). The Balaban J connectivity index is 1.47. The molecule has 0 aromatic carbocycles. The quantitative estimate of drug-likeness (QED) is 0.542. The van der Waals surface area contributed by atoms with Gasteiger partial charge >= 0.3 is 0 Å². The van der Waals surface area contributed by atoms with E-state index in [1.165, 1.54) is 15.6 Å². The highest BCUT2D eigenvalue weighted by molar-refractivity contribution is 7.89. The Labute approximate surface area is 177 Å². The summed E-state index contributed by atoms with van der Waals surface area (Å²) in [6.07, 6.45) is 0.700. The molecule has 29 heavy (non-hydrogen) atoms. The monoisotopic (exact) mass is 455 g/mol. The number of nitrogens with zero attached hydrogens (tertiary/aromatic N) is 5. The average molecular weight is 456 g/mol. The Hall–Kier alpha value is -1.86. The van der Waals surface area contributed by atoms with Gasteiger partial charge in [0.2, 0.25) is 10.0 Å². The average Bonchev–Trinajstić information content (AvgIpc) is 3.35. The fourth-order valence-electron chi connectivity index (χ4n) is 3.39. The molecule has 3 aromatic rings. The van der Waals surface area contributed by atoms with Crippen molar-refractivity contribution < 1.29 is 17.4 Å². The summed E-state index contributed by atoms with van der Waals surface area (Å²) in [5.74, 6) is 0.820. The van der Waals surface area contributed by atoms with Crippen molar-refractivity contribution in [3.63, 3.8) is 0 Å². The second-order valence-electron chi connectivity index (χ2n) is 6.82. The highest BCUT2D eigenvalue weighted by Gasteiger charge is 2.32. The summed E-state index contributed by atoms with van der Waals surface area (Å²) in [7, 11) is -3.64. The number of aryl methyl sites for hydroxylation is 2. The number of rotatable bonds is 5. The number of aromatic nitrogens is 3. The molecule has 3 aromatic heterocycles. The Bertz CT molecular complexity index is 1130. The largest absolute Gasteiger partial charge is 0.408 e. The van der Waals surface area contributed by atoms with Gasteiger partial charge in [-0.3, -0.25) is 4.90 Å². The SMILES string of the molecule is Cc1noc(C)c1S(=O)(=O)N1CCCN(Cn2nc(-c3cccs3)oc2=S)CC1. The molecule has 0 unspecified atom stereocenters. The van der Waals surface area contributed by atoms with E-state index < -0.39 is 10.0 Å². The zero-order valence-electron chi connectivity index (χ0n) is 16.1. The van der Waals surface area contributed by atoms with Crippen LogP contribution in [0.4, 0.5) is 0 Å². The maximum absolute atomic E-state index is 13.1. The van der Waals surface area contributed by atoms with Gasteiger partial charge in [0, 0.05) is 26.2 Å². The Morgan fingerprint density at radius 1 is 1.24 bits per heavy atom. The summed E-state index contributed by atoms with van der Waals surface area (Å²) in [4.78, 5) is 3.52. The van der Waals surface area contributed by atoms with Crippen LogP contribution in [-0.4, -0.2) is 58.7 Å². The molecule has 4 heterocycles. The van der Waals surface area contributed by atoms with E-state index in [0.717, 1.165) is 11.4 Å². The van der Waals surface area contributed by atoms with Gasteiger partial charge in [0.05, 0.1) is 11.5 Å². The fraction of sp³-hybridized carbons (Fsp3) is 0.471. The molecule has 12 heteroatoms. The summed E-state index contributed by atoms with van der Waals surface area (Å²) in [5, 5.41) is 10.2. The molecule has 0 spiro atoms. The van der Waals surface area contributed by atoms with Crippen molar-refractivity contribution in [3.8, 4) is 10.8 Å². The van der Waals surface area contributed by atoms with Gasteiger partial charge in [-0.2, -0.15) is 4.31 Å². The molecule has 0 radical (unpaired) electrons. The molecule has 1 fully saturated rings.